The molecule has 0 saturated carbocycles. The van der Waals surface area contributed by atoms with Gasteiger partial charge in [0.1, 0.15) is 0 Å². The summed E-state index contributed by atoms with van der Waals surface area (Å²) >= 11 is 0. The van der Waals surface area contributed by atoms with E-state index in [1.54, 1.807) is 11.6 Å². The van der Waals surface area contributed by atoms with Crippen LogP contribution in [0.15, 0.2) is 78.3 Å². The maximum Gasteiger partial charge on any atom is 0.152 e. The van der Waals surface area contributed by atoms with Crippen molar-refractivity contribution in [1.29, 1.82) is 0 Å². The zero-order valence-corrected chi connectivity index (χ0v) is 23.1. The van der Waals surface area contributed by atoms with Crippen LogP contribution in [0.4, 0.5) is 0 Å². The zero-order valence-electron chi connectivity index (χ0n) is 23.1. The number of nitrogens with two attached hydrogens (primary N) is 1. The van der Waals surface area contributed by atoms with Crippen LogP contribution in [-0.4, -0.2) is 29.4 Å². The van der Waals surface area contributed by atoms with Gasteiger partial charge in [-0.25, -0.2) is 4.98 Å². The molecule has 0 aliphatic rings. The molecule has 3 aromatic carbocycles. The summed E-state index contributed by atoms with van der Waals surface area (Å²) in [6.07, 6.45) is 5.73. The van der Waals surface area contributed by atoms with Crippen molar-refractivity contribution in [2.45, 2.75) is 49.0 Å². The van der Waals surface area contributed by atoms with Gasteiger partial charge in [-0.1, -0.05) is 106 Å². The Bertz CT molecular complexity index is 1320. The van der Waals surface area contributed by atoms with Crippen molar-refractivity contribution in [2.75, 3.05) is 14.1 Å². The van der Waals surface area contributed by atoms with Gasteiger partial charge in [0.2, 0.25) is 0 Å². The minimum absolute atomic E-state index is 0. The van der Waals surface area contributed by atoms with Gasteiger partial charge in [0, 0.05) is 24.4 Å². The summed E-state index contributed by atoms with van der Waals surface area (Å²) in [5.74, 6) is 0.792. The maximum absolute atomic E-state index is 5.73. The highest BCUT2D eigenvalue weighted by molar-refractivity contribution is 6.01. The third kappa shape index (κ3) is 8.90. The summed E-state index contributed by atoms with van der Waals surface area (Å²) in [6, 6.07) is 25.4. The first-order valence-electron chi connectivity index (χ1n) is 12.1. The molecule has 1 heterocycles. The van der Waals surface area contributed by atoms with Crippen LogP contribution in [0.5, 0.6) is 0 Å². The summed E-state index contributed by atoms with van der Waals surface area (Å²) in [5, 5.41) is 0. The van der Waals surface area contributed by atoms with Crippen LogP contribution in [0.3, 0.4) is 0 Å². The van der Waals surface area contributed by atoms with Crippen LogP contribution in [-0.2, 0) is 0 Å². The van der Waals surface area contributed by atoms with E-state index in [0.29, 0.717) is 0 Å². The lowest BCUT2D eigenvalue weighted by molar-refractivity contribution is 1.16. The van der Waals surface area contributed by atoms with Crippen molar-refractivity contribution in [3.8, 4) is 23.9 Å². The molecule has 4 rings (SSSR count). The zero-order chi connectivity index (χ0) is 27.3. The van der Waals surface area contributed by atoms with Gasteiger partial charge in [-0.2, -0.15) is 0 Å². The first kappa shape index (κ1) is 33.1. The third-order valence-electron chi connectivity index (χ3n) is 5.39. The van der Waals surface area contributed by atoms with E-state index in [1.165, 1.54) is 23.7 Å². The number of aromatic nitrogens is 2. The van der Waals surface area contributed by atoms with Crippen LogP contribution in [0.2, 0.25) is 0 Å². The predicted molar refractivity (Wildman–Crippen MR) is 166 cm³/mol. The standard InChI is InChI=1S/C19H17N3.C10H12.C2H6.CH5N.CH4/c1-5-22-18-12-16(14(3)20-4)10-11-17(18)21-19(22)15-8-6-13(2)7-9-15;1-8(2)10-6-4-9(3)5-7-10;2*1-2;/h1,6-12H,2-4H3;4-7H,1H2,2-3H3;1-2H3;2H2,1H3;1H4. The summed E-state index contributed by atoms with van der Waals surface area (Å²) in [5.41, 5.74) is 14.2. The number of hydrogen-bond acceptors (Lipinski definition) is 3. The number of aliphatic imine (C=N–C) groups is 1. The van der Waals surface area contributed by atoms with Gasteiger partial charge in [0.25, 0.3) is 0 Å². The number of imidazole rings is 1. The van der Waals surface area contributed by atoms with Gasteiger partial charge in [-0.15, -0.1) is 0 Å². The largest absolute Gasteiger partial charge is 0.333 e. The lowest BCUT2D eigenvalue weighted by Gasteiger charge is -2.03. The molecular formula is C33H44N4. The number of hydrogen-bond donors (Lipinski definition) is 1. The molecule has 0 radical (unpaired) electrons. The Morgan fingerprint density at radius 1 is 0.892 bits per heavy atom. The number of terminal acetylenes is 1. The molecule has 4 aromatic rings. The van der Waals surface area contributed by atoms with Crippen molar-refractivity contribution in [3.05, 3.63) is 95.6 Å². The Kier molecular flexibility index (Phi) is 14.9. The normalized spacial score (nSPS) is 9.78. The molecule has 37 heavy (non-hydrogen) atoms. The fourth-order valence-electron chi connectivity index (χ4n) is 3.29. The minimum atomic E-state index is 0. The predicted octanol–water partition coefficient (Wildman–Crippen LogP) is 8.15. The second-order valence-corrected chi connectivity index (χ2v) is 7.92. The fourth-order valence-corrected chi connectivity index (χ4v) is 3.29. The van der Waals surface area contributed by atoms with Gasteiger partial charge in [0.15, 0.2) is 5.82 Å². The smallest absolute Gasteiger partial charge is 0.152 e. The van der Waals surface area contributed by atoms with Crippen molar-refractivity contribution in [3.63, 3.8) is 0 Å². The molecule has 0 atom stereocenters. The van der Waals surface area contributed by atoms with Crippen LogP contribution in [0, 0.1) is 26.3 Å². The molecule has 1 aromatic heterocycles. The number of allylic oxidation sites excluding steroid dienone is 1. The Morgan fingerprint density at radius 3 is 1.84 bits per heavy atom. The third-order valence-corrected chi connectivity index (χ3v) is 5.39. The van der Waals surface area contributed by atoms with Crippen LogP contribution in [0.1, 0.15) is 57.4 Å². The summed E-state index contributed by atoms with van der Waals surface area (Å²) in [4.78, 5) is 8.92. The van der Waals surface area contributed by atoms with Gasteiger partial charge in [-0.3, -0.25) is 9.56 Å². The second kappa shape index (κ2) is 16.7. The average molecular weight is 497 g/mol. The van der Waals surface area contributed by atoms with Crippen molar-refractivity contribution < 1.29 is 0 Å². The van der Waals surface area contributed by atoms with Gasteiger partial charge < -0.3 is 5.73 Å². The number of rotatable bonds is 3. The Morgan fingerprint density at radius 2 is 1.38 bits per heavy atom. The van der Waals surface area contributed by atoms with Gasteiger partial charge in [0.05, 0.1) is 11.0 Å². The van der Waals surface area contributed by atoms with E-state index in [1.807, 2.05) is 58.0 Å². The van der Waals surface area contributed by atoms with E-state index in [4.69, 9.17) is 11.4 Å². The Hall–Kier alpha value is -3.94. The van der Waals surface area contributed by atoms with E-state index in [-0.39, 0.29) is 7.43 Å². The molecule has 4 nitrogen and oxygen atoms in total. The average Bonchev–Trinajstić information content (AvgIpc) is 3.29. The number of nitrogens with zero attached hydrogens (tertiary/aromatic N) is 3. The summed E-state index contributed by atoms with van der Waals surface area (Å²) in [6.45, 7) is 16.0. The van der Waals surface area contributed by atoms with Gasteiger partial charge >= 0.3 is 0 Å². The molecule has 196 valence electrons. The van der Waals surface area contributed by atoms with E-state index in [9.17, 15) is 0 Å². The lowest BCUT2D eigenvalue weighted by atomic mass is 10.1. The highest BCUT2D eigenvalue weighted by atomic mass is 15.1. The van der Waals surface area contributed by atoms with Crippen LogP contribution >= 0.6 is 0 Å². The monoisotopic (exact) mass is 496 g/mol. The molecule has 0 aliphatic carbocycles. The van der Waals surface area contributed by atoms with E-state index >= 15 is 0 Å². The number of benzene rings is 3. The Balaban J connectivity index is 0.000000730. The highest BCUT2D eigenvalue weighted by Gasteiger charge is 2.12. The van der Waals surface area contributed by atoms with Crippen molar-refractivity contribution in [2.24, 2.45) is 10.7 Å². The van der Waals surface area contributed by atoms with Gasteiger partial charge in [-0.05, 0) is 58.0 Å². The maximum atomic E-state index is 5.73. The van der Waals surface area contributed by atoms with Crippen LogP contribution in [0.25, 0.3) is 28.0 Å². The quantitative estimate of drug-likeness (QED) is 0.230. The molecule has 0 amide bonds. The molecule has 4 heteroatoms. The van der Waals surface area contributed by atoms with Crippen molar-refractivity contribution >= 4 is 22.3 Å². The number of fused-ring (bicyclic) bond motifs is 1. The molecule has 2 N–H and O–H groups in total. The fraction of sp³-hybridized carbons (Fsp3) is 0.273. The SMILES string of the molecule is C.C#Cn1c(-c2ccc(C)cc2)nc2ccc(C(C)=NC)cc21.C=C(C)c1ccc(C)cc1.CC.CN. The first-order chi connectivity index (χ1) is 17.3. The Labute approximate surface area is 225 Å². The van der Waals surface area contributed by atoms with E-state index in [0.717, 1.165) is 39.3 Å². The second-order valence-electron chi connectivity index (χ2n) is 7.92. The molecule has 0 fully saturated rings. The molecular weight excluding hydrogens is 452 g/mol. The molecule has 0 saturated heterocycles. The molecule has 0 spiro atoms. The van der Waals surface area contributed by atoms with E-state index < -0.39 is 0 Å². The summed E-state index contributed by atoms with van der Waals surface area (Å²) < 4.78 is 1.80. The molecule has 0 unspecified atom stereocenters. The van der Waals surface area contributed by atoms with Crippen LogP contribution < -0.4 is 5.73 Å². The van der Waals surface area contributed by atoms with Crippen molar-refractivity contribution in [1.82, 2.24) is 9.55 Å². The molecule has 0 aliphatic heterocycles. The van der Waals surface area contributed by atoms with E-state index in [2.05, 4.69) is 73.6 Å². The first-order valence-corrected chi connectivity index (χ1v) is 12.1. The molecule has 0 bridgehead atoms. The topological polar surface area (TPSA) is 56.2 Å². The number of aryl methyl sites for hydroxylation is 2. The summed E-state index contributed by atoms with van der Waals surface area (Å²) in [7, 11) is 3.29. The minimum Gasteiger partial charge on any atom is -0.333 e. The highest BCUT2D eigenvalue weighted by Crippen LogP contribution is 2.25. The lowest BCUT2D eigenvalue weighted by Crippen LogP contribution is -1.96.